The molecule has 26 heavy (non-hydrogen) atoms. The number of aromatic nitrogens is 4. The monoisotopic (exact) mass is 353 g/mol. The zero-order chi connectivity index (χ0) is 18.2. The van der Waals surface area contributed by atoms with Crippen molar-refractivity contribution in [1.82, 2.24) is 25.5 Å². The van der Waals surface area contributed by atoms with Crippen molar-refractivity contribution in [2.45, 2.75) is 6.42 Å². The minimum Gasteiger partial charge on any atom is -0.496 e. The van der Waals surface area contributed by atoms with Crippen LogP contribution in [0, 0.1) is 0 Å². The van der Waals surface area contributed by atoms with Crippen LogP contribution in [0.25, 0.3) is 5.69 Å². The van der Waals surface area contributed by atoms with E-state index in [1.54, 1.807) is 19.2 Å². The standard InChI is InChI=1S/C18H19N5O3/c1-25-17-8-3-2-5-14(17)9-10-19-18(24)12-26-16-7-4-6-15(11-16)23-13-20-21-22-23/h2-8,11,13H,9-10,12H2,1H3,(H,19,24). The highest BCUT2D eigenvalue weighted by Crippen LogP contribution is 2.17. The molecule has 0 fully saturated rings. The second-order valence-corrected chi connectivity index (χ2v) is 5.45. The van der Waals surface area contributed by atoms with Gasteiger partial charge in [0.25, 0.3) is 5.91 Å². The number of para-hydroxylation sites is 1. The number of nitrogens with one attached hydrogen (secondary N) is 1. The van der Waals surface area contributed by atoms with Gasteiger partial charge in [0.15, 0.2) is 6.61 Å². The van der Waals surface area contributed by atoms with Crippen molar-refractivity contribution in [2.24, 2.45) is 0 Å². The predicted octanol–water partition coefficient (Wildman–Crippen LogP) is 1.41. The summed E-state index contributed by atoms with van der Waals surface area (Å²) in [5, 5.41) is 13.8. The molecule has 1 heterocycles. The average molecular weight is 353 g/mol. The van der Waals surface area contributed by atoms with Gasteiger partial charge in [-0.05, 0) is 40.6 Å². The fraction of sp³-hybridized carbons (Fsp3) is 0.222. The number of ether oxygens (including phenoxy) is 2. The number of nitrogens with zero attached hydrogens (tertiary/aromatic N) is 4. The molecule has 0 aliphatic rings. The third-order valence-electron chi connectivity index (χ3n) is 3.71. The molecule has 0 atom stereocenters. The second-order valence-electron chi connectivity index (χ2n) is 5.45. The topological polar surface area (TPSA) is 91.2 Å². The van der Waals surface area contributed by atoms with Gasteiger partial charge in [-0.2, -0.15) is 0 Å². The number of tetrazole rings is 1. The molecule has 0 radical (unpaired) electrons. The Labute approximate surface area is 150 Å². The number of hydrogen-bond acceptors (Lipinski definition) is 6. The maximum Gasteiger partial charge on any atom is 0.257 e. The van der Waals surface area contributed by atoms with Gasteiger partial charge in [0.05, 0.1) is 12.8 Å². The smallest absolute Gasteiger partial charge is 0.257 e. The van der Waals surface area contributed by atoms with E-state index in [1.165, 1.54) is 11.0 Å². The molecule has 1 N–H and O–H groups in total. The Balaban J connectivity index is 1.46. The van der Waals surface area contributed by atoms with E-state index in [4.69, 9.17) is 9.47 Å². The third-order valence-corrected chi connectivity index (χ3v) is 3.71. The molecule has 0 saturated heterocycles. The first-order valence-electron chi connectivity index (χ1n) is 8.11. The zero-order valence-corrected chi connectivity index (χ0v) is 14.3. The van der Waals surface area contributed by atoms with E-state index in [1.807, 2.05) is 36.4 Å². The van der Waals surface area contributed by atoms with Gasteiger partial charge in [0.2, 0.25) is 0 Å². The van der Waals surface area contributed by atoms with E-state index >= 15 is 0 Å². The Morgan fingerprint density at radius 2 is 2.08 bits per heavy atom. The Bertz CT molecular complexity index is 852. The van der Waals surface area contributed by atoms with Gasteiger partial charge in [0, 0.05) is 12.6 Å². The second kappa shape index (κ2) is 8.61. The van der Waals surface area contributed by atoms with Crippen molar-refractivity contribution in [3.63, 3.8) is 0 Å². The summed E-state index contributed by atoms with van der Waals surface area (Å²) in [6.45, 7) is 0.443. The fourth-order valence-corrected chi connectivity index (χ4v) is 2.44. The number of methoxy groups -OCH3 is 1. The quantitative estimate of drug-likeness (QED) is 0.658. The molecule has 1 aromatic heterocycles. The van der Waals surface area contributed by atoms with Crippen molar-refractivity contribution in [2.75, 3.05) is 20.3 Å². The van der Waals surface area contributed by atoms with Crippen LogP contribution >= 0.6 is 0 Å². The van der Waals surface area contributed by atoms with Gasteiger partial charge in [-0.3, -0.25) is 4.79 Å². The number of benzene rings is 2. The first-order chi connectivity index (χ1) is 12.8. The molecule has 0 spiro atoms. The molecule has 1 amide bonds. The normalized spacial score (nSPS) is 10.3. The van der Waals surface area contributed by atoms with Crippen LogP contribution in [0.2, 0.25) is 0 Å². The number of amides is 1. The van der Waals surface area contributed by atoms with E-state index in [2.05, 4.69) is 20.8 Å². The summed E-state index contributed by atoms with van der Waals surface area (Å²) in [6, 6.07) is 14.9. The number of rotatable bonds is 8. The number of carbonyl (C=O) groups is 1. The summed E-state index contributed by atoms with van der Waals surface area (Å²) in [5.41, 5.74) is 1.80. The Morgan fingerprint density at radius 1 is 1.19 bits per heavy atom. The van der Waals surface area contributed by atoms with E-state index in [0.29, 0.717) is 18.7 Å². The highest BCUT2D eigenvalue weighted by molar-refractivity contribution is 5.77. The minimum atomic E-state index is -0.187. The third kappa shape index (κ3) is 4.56. The van der Waals surface area contributed by atoms with E-state index in [-0.39, 0.29) is 12.5 Å². The summed E-state index contributed by atoms with van der Waals surface area (Å²) < 4.78 is 12.3. The first kappa shape index (κ1) is 17.4. The molecular weight excluding hydrogens is 334 g/mol. The lowest BCUT2D eigenvalue weighted by molar-refractivity contribution is -0.123. The van der Waals surface area contributed by atoms with Crippen LogP contribution in [-0.2, 0) is 11.2 Å². The molecule has 3 rings (SSSR count). The first-order valence-corrected chi connectivity index (χ1v) is 8.11. The van der Waals surface area contributed by atoms with Gasteiger partial charge in [-0.15, -0.1) is 5.10 Å². The molecule has 8 heteroatoms. The van der Waals surface area contributed by atoms with Crippen LogP contribution in [0.5, 0.6) is 11.5 Å². The Hall–Kier alpha value is -3.42. The lowest BCUT2D eigenvalue weighted by atomic mass is 10.1. The zero-order valence-electron chi connectivity index (χ0n) is 14.3. The van der Waals surface area contributed by atoms with E-state index in [9.17, 15) is 4.79 Å². The largest absolute Gasteiger partial charge is 0.496 e. The molecule has 0 aliphatic heterocycles. The molecule has 8 nitrogen and oxygen atoms in total. The van der Waals surface area contributed by atoms with E-state index in [0.717, 1.165) is 17.0 Å². The van der Waals surface area contributed by atoms with Gasteiger partial charge in [0.1, 0.15) is 17.8 Å². The highest BCUT2D eigenvalue weighted by atomic mass is 16.5. The van der Waals surface area contributed by atoms with E-state index < -0.39 is 0 Å². The minimum absolute atomic E-state index is 0.0645. The van der Waals surface area contributed by atoms with Crippen LogP contribution in [-0.4, -0.2) is 46.4 Å². The van der Waals surface area contributed by atoms with Crippen molar-refractivity contribution < 1.29 is 14.3 Å². The number of carbonyl (C=O) groups excluding carboxylic acids is 1. The summed E-state index contributed by atoms with van der Waals surface area (Å²) in [7, 11) is 1.63. The lowest BCUT2D eigenvalue weighted by Gasteiger charge is -2.10. The molecule has 3 aromatic rings. The average Bonchev–Trinajstić information content (AvgIpc) is 3.22. The van der Waals surface area contributed by atoms with Gasteiger partial charge in [-0.1, -0.05) is 24.3 Å². The SMILES string of the molecule is COc1ccccc1CCNC(=O)COc1cccc(-n2cnnn2)c1. The van der Waals surface area contributed by atoms with Crippen molar-refractivity contribution >= 4 is 5.91 Å². The van der Waals surface area contributed by atoms with Gasteiger partial charge >= 0.3 is 0 Å². The Morgan fingerprint density at radius 3 is 2.88 bits per heavy atom. The summed E-state index contributed by atoms with van der Waals surface area (Å²) in [5.74, 6) is 1.20. The van der Waals surface area contributed by atoms with Crippen molar-refractivity contribution in [1.29, 1.82) is 0 Å². The van der Waals surface area contributed by atoms with Crippen molar-refractivity contribution in [3.05, 3.63) is 60.4 Å². The predicted molar refractivity (Wildman–Crippen MR) is 94.4 cm³/mol. The molecule has 134 valence electrons. The highest BCUT2D eigenvalue weighted by Gasteiger charge is 2.06. The van der Waals surface area contributed by atoms with Crippen LogP contribution in [0.15, 0.2) is 54.9 Å². The van der Waals surface area contributed by atoms with Crippen LogP contribution in [0.4, 0.5) is 0 Å². The maximum atomic E-state index is 12.0. The maximum absolute atomic E-state index is 12.0. The molecule has 2 aromatic carbocycles. The molecular formula is C18H19N5O3. The summed E-state index contributed by atoms with van der Waals surface area (Å²) >= 11 is 0. The van der Waals surface area contributed by atoms with Gasteiger partial charge < -0.3 is 14.8 Å². The van der Waals surface area contributed by atoms with Crippen LogP contribution in [0.3, 0.4) is 0 Å². The molecule has 0 unspecified atom stereocenters. The fourth-order valence-electron chi connectivity index (χ4n) is 2.44. The Kier molecular flexibility index (Phi) is 5.76. The molecule has 0 saturated carbocycles. The summed E-state index contributed by atoms with van der Waals surface area (Å²) in [6.07, 6.45) is 2.17. The number of hydrogen-bond donors (Lipinski definition) is 1. The van der Waals surface area contributed by atoms with Crippen LogP contribution < -0.4 is 14.8 Å². The molecule has 0 aliphatic carbocycles. The molecule has 0 bridgehead atoms. The van der Waals surface area contributed by atoms with Crippen LogP contribution in [0.1, 0.15) is 5.56 Å². The van der Waals surface area contributed by atoms with Gasteiger partial charge in [-0.25, -0.2) is 4.68 Å². The van der Waals surface area contributed by atoms with Crippen molar-refractivity contribution in [3.8, 4) is 17.2 Å². The lowest BCUT2D eigenvalue weighted by Crippen LogP contribution is -2.30. The summed E-state index contributed by atoms with van der Waals surface area (Å²) in [4.78, 5) is 12.0.